The van der Waals surface area contributed by atoms with Gasteiger partial charge in [0.05, 0.1) is 0 Å². The molecule has 21 heavy (non-hydrogen) atoms. The van der Waals surface area contributed by atoms with Crippen LogP contribution in [-0.4, -0.2) is 23.7 Å². The highest BCUT2D eigenvalue weighted by Gasteiger charge is 2.17. The van der Waals surface area contributed by atoms with Crippen molar-refractivity contribution >= 4 is 11.9 Å². The van der Waals surface area contributed by atoms with E-state index in [1.165, 1.54) is 18.1 Å². The van der Waals surface area contributed by atoms with E-state index in [4.69, 9.17) is 9.84 Å². The second-order valence-corrected chi connectivity index (χ2v) is 5.50. The Balaban J connectivity index is 2.36. The lowest BCUT2D eigenvalue weighted by molar-refractivity contribution is -0.140. The molecule has 0 spiro atoms. The van der Waals surface area contributed by atoms with Gasteiger partial charge in [-0.05, 0) is 50.5 Å². The van der Waals surface area contributed by atoms with Gasteiger partial charge in [0.1, 0.15) is 6.61 Å². The Morgan fingerprint density at radius 2 is 2.19 bits per heavy atom. The highest BCUT2D eigenvalue weighted by Crippen LogP contribution is 2.30. The molecule has 0 fully saturated rings. The van der Waals surface area contributed by atoms with Gasteiger partial charge >= 0.3 is 11.9 Å². The number of carboxylic acids is 1. The average Bonchev–Trinajstić information content (AvgIpc) is 2.45. The van der Waals surface area contributed by atoms with E-state index >= 15 is 0 Å². The third-order valence-electron chi connectivity index (χ3n) is 3.80. The first-order chi connectivity index (χ1) is 9.90. The molecule has 1 N–H and O–H groups in total. The Morgan fingerprint density at radius 3 is 2.71 bits per heavy atom. The Labute approximate surface area is 126 Å². The summed E-state index contributed by atoms with van der Waals surface area (Å²) >= 11 is 0. The van der Waals surface area contributed by atoms with E-state index in [2.05, 4.69) is 12.7 Å². The molecule has 0 aromatic rings. The molecule has 0 aromatic heterocycles. The molecule has 1 atom stereocenters. The molecular weight excluding hydrogens is 268 g/mol. The van der Waals surface area contributed by atoms with Crippen molar-refractivity contribution in [2.24, 2.45) is 5.92 Å². The van der Waals surface area contributed by atoms with Gasteiger partial charge in [-0.3, -0.25) is 4.79 Å². The van der Waals surface area contributed by atoms with E-state index < -0.39 is 5.97 Å². The summed E-state index contributed by atoms with van der Waals surface area (Å²) in [6.07, 6.45) is 8.31. The molecule has 0 bridgehead atoms. The molecule has 4 heteroatoms. The number of hydrogen-bond donors (Lipinski definition) is 1. The van der Waals surface area contributed by atoms with Crippen LogP contribution in [0.4, 0.5) is 0 Å². The topological polar surface area (TPSA) is 63.6 Å². The number of esters is 1. The van der Waals surface area contributed by atoms with E-state index in [9.17, 15) is 9.59 Å². The molecular formula is C17H24O4. The molecule has 1 rings (SSSR count). The highest BCUT2D eigenvalue weighted by atomic mass is 16.5. The van der Waals surface area contributed by atoms with E-state index in [1.807, 2.05) is 0 Å². The monoisotopic (exact) mass is 292 g/mol. The van der Waals surface area contributed by atoms with E-state index in [0.29, 0.717) is 18.1 Å². The van der Waals surface area contributed by atoms with Crippen molar-refractivity contribution in [2.75, 3.05) is 6.61 Å². The number of ether oxygens (including phenoxy) is 1. The first kappa shape index (κ1) is 17.2. The van der Waals surface area contributed by atoms with Gasteiger partial charge in [-0.1, -0.05) is 24.3 Å². The van der Waals surface area contributed by atoms with E-state index in [0.717, 1.165) is 32.1 Å². The van der Waals surface area contributed by atoms with Crippen molar-refractivity contribution in [2.45, 2.75) is 46.0 Å². The van der Waals surface area contributed by atoms with E-state index in [1.54, 1.807) is 13.0 Å². The Hall–Kier alpha value is -1.84. The summed E-state index contributed by atoms with van der Waals surface area (Å²) in [5.74, 6) is -0.663. The van der Waals surface area contributed by atoms with Gasteiger partial charge in [-0.2, -0.15) is 0 Å². The smallest absolute Gasteiger partial charge is 0.330 e. The van der Waals surface area contributed by atoms with Gasteiger partial charge in [0.25, 0.3) is 0 Å². The molecule has 116 valence electrons. The fourth-order valence-corrected chi connectivity index (χ4v) is 2.35. The summed E-state index contributed by atoms with van der Waals surface area (Å²) in [7, 11) is 0. The molecule has 4 nitrogen and oxygen atoms in total. The van der Waals surface area contributed by atoms with Gasteiger partial charge in [0.15, 0.2) is 0 Å². The lowest BCUT2D eigenvalue weighted by Crippen LogP contribution is -2.12. The molecule has 0 aromatic carbocycles. The van der Waals surface area contributed by atoms with Crippen LogP contribution in [0.25, 0.3) is 0 Å². The lowest BCUT2D eigenvalue weighted by Gasteiger charge is -2.23. The molecule has 1 aliphatic carbocycles. The summed E-state index contributed by atoms with van der Waals surface area (Å²) in [4.78, 5) is 21.5. The molecule has 0 saturated carbocycles. The Bertz CT molecular complexity index is 471. The molecule has 1 aliphatic rings. The zero-order chi connectivity index (χ0) is 15.8. The Morgan fingerprint density at radius 1 is 1.48 bits per heavy atom. The van der Waals surface area contributed by atoms with Gasteiger partial charge in [-0.15, -0.1) is 0 Å². The van der Waals surface area contributed by atoms with Gasteiger partial charge in [0.2, 0.25) is 0 Å². The van der Waals surface area contributed by atoms with Crippen molar-refractivity contribution in [3.63, 3.8) is 0 Å². The minimum absolute atomic E-state index is 0.247. The van der Waals surface area contributed by atoms with Crippen molar-refractivity contribution < 1.29 is 19.4 Å². The van der Waals surface area contributed by atoms with E-state index in [-0.39, 0.29) is 5.97 Å². The predicted molar refractivity (Wildman–Crippen MR) is 81.8 cm³/mol. The van der Waals surface area contributed by atoms with Crippen LogP contribution in [-0.2, 0) is 14.3 Å². The maximum absolute atomic E-state index is 10.8. The summed E-state index contributed by atoms with van der Waals surface area (Å²) in [6.45, 7) is 7.55. The van der Waals surface area contributed by atoms with Gasteiger partial charge < -0.3 is 9.84 Å². The van der Waals surface area contributed by atoms with Crippen LogP contribution in [0, 0.1) is 5.92 Å². The first-order valence-electron chi connectivity index (χ1n) is 7.29. The Kier molecular flexibility index (Phi) is 6.92. The normalized spacial score (nSPS) is 18.9. The highest BCUT2D eigenvalue weighted by molar-refractivity contribution is 5.85. The number of carbonyl (C=O) groups excluding carboxylic acids is 1. The van der Waals surface area contributed by atoms with Crippen molar-refractivity contribution in [3.8, 4) is 0 Å². The van der Waals surface area contributed by atoms with Crippen molar-refractivity contribution in [3.05, 3.63) is 35.5 Å². The lowest BCUT2D eigenvalue weighted by atomic mass is 9.83. The number of aliphatic carboxylic acids is 1. The zero-order valence-electron chi connectivity index (χ0n) is 12.9. The summed E-state index contributed by atoms with van der Waals surface area (Å²) < 4.78 is 5.00. The van der Waals surface area contributed by atoms with Crippen LogP contribution >= 0.6 is 0 Å². The number of carboxylic acid groups (broad SMARTS) is 1. The summed E-state index contributed by atoms with van der Waals surface area (Å²) in [5.41, 5.74) is 2.73. The fraction of sp³-hybridized carbons (Fsp3) is 0.529. The molecule has 1 unspecified atom stereocenters. The SMILES string of the molecule is C=C(CCC=C(C)C(=O)O)C1CC=C(COC(C)=O)CC1. The first-order valence-corrected chi connectivity index (χ1v) is 7.29. The summed E-state index contributed by atoms with van der Waals surface area (Å²) in [5, 5.41) is 8.78. The van der Waals surface area contributed by atoms with Gasteiger partial charge in [-0.25, -0.2) is 4.79 Å². The van der Waals surface area contributed by atoms with Crippen LogP contribution in [0.15, 0.2) is 35.5 Å². The zero-order valence-corrected chi connectivity index (χ0v) is 12.9. The van der Waals surface area contributed by atoms with Crippen molar-refractivity contribution in [1.82, 2.24) is 0 Å². The second-order valence-electron chi connectivity index (χ2n) is 5.50. The van der Waals surface area contributed by atoms with Crippen LogP contribution in [0.2, 0.25) is 0 Å². The van der Waals surface area contributed by atoms with Crippen LogP contribution in [0.3, 0.4) is 0 Å². The molecule has 0 aliphatic heterocycles. The number of hydrogen-bond acceptors (Lipinski definition) is 3. The third kappa shape index (κ3) is 6.43. The molecule has 0 amide bonds. The minimum Gasteiger partial charge on any atom is -0.478 e. The minimum atomic E-state index is -0.865. The fourth-order valence-electron chi connectivity index (χ4n) is 2.35. The second kappa shape index (κ2) is 8.45. The number of allylic oxidation sites excluding steroid dienone is 3. The van der Waals surface area contributed by atoms with Crippen molar-refractivity contribution in [1.29, 1.82) is 0 Å². The molecule has 0 radical (unpaired) electrons. The maximum Gasteiger partial charge on any atom is 0.330 e. The molecule has 0 heterocycles. The predicted octanol–water partition coefficient (Wildman–Crippen LogP) is 3.64. The quantitative estimate of drug-likeness (QED) is 0.442. The maximum atomic E-state index is 10.8. The largest absolute Gasteiger partial charge is 0.478 e. The standard InChI is InChI=1S/C17H24O4/c1-12(5-4-6-13(2)17(19)20)16-9-7-15(8-10-16)11-21-14(3)18/h6-7,16H,1,4-5,8-11H2,2-3H3,(H,19,20). The van der Waals surface area contributed by atoms with Crippen LogP contribution < -0.4 is 0 Å². The van der Waals surface area contributed by atoms with Crippen LogP contribution in [0.5, 0.6) is 0 Å². The van der Waals surface area contributed by atoms with Crippen LogP contribution in [0.1, 0.15) is 46.0 Å². The number of carbonyl (C=O) groups is 2. The summed E-state index contributed by atoms with van der Waals surface area (Å²) in [6, 6.07) is 0. The van der Waals surface area contributed by atoms with Gasteiger partial charge in [0, 0.05) is 12.5 Å². The number of rotatable bonds is 7. The molecule has 0 saturated heterocycles. The third-order valence-corrected chi connectivity index (χ3v) is 3.80. The average molecular weight is 292 g/mol.